The van der Waals surface area contributed by atoms with Gasteiger partial charge in [-0.25, -0.2) is 0 Å². The third kappa shape index (κ3) is 4.01. The van der Waals surface area contributed by atoms with E-state index in [1.807, 2.05) is 24.3 Å². The van der Waals surface area contributed by atoms with E-state index in [0.717, 1.165) is 5.56 Å². The predicted molar refractivity (Wildman–Crippen MR) is 87.2 cm³/mol. The Morgan fingerprint density at radius 3 is 2.90 bits per heavy atom. The minimum Gasteiger partial charge on any atom is -0.383 e. The van der Waals surface area contributed by atoms with Crippen molar-refractivity contribution in [2.45, 2.75) is 0 Å². The molecular formula is C15H17N3OS. The van der Waals surface area contributed by atoms with Crippen LogP contribution in [0.3, 0.4) is 0 Å². The Labute approximate surface area is 123 Å². The smallest absolute Gasteiger partial charge is 0.187 e. The van der Waals surface area contributed by atoms with Gasteiger partial charge in [-0.3, -0.25) is 5.43 Å². The summed E-state index contributed by atoms with van der Waals surface area (Å²) >= 11 is 5.09. The summed E-state index contributed by atoms with van der Waals surface area (Å²) in [6.45, 7) is 1.26. The molecule has 2 rings (SSSR count). The number of benzene rings is 2. The molecule has 0 saturated heterocycles. The average Bonchev–Trinajstić information content (AvgIpc) is 2.48. The normalized spacial score (nSPS) is 10.8. The van der Waals surface area contributed by atoms with E-state index in [1.54, 1.807) is 13.3 Å². The fourth-order valence-corrected chi connectivity index (χ4v) is 1.98. The van der Waals surface area contributed by atoms with Crippen molar-refractivity contribution in [3.63, 3.8) is 0 Å². The zero-order chi connectivity index (χ0) is 14.2. The number of ether oxygens (including phenoxy) is 1. The molecule has 0 radical (unpaired) electrons. The van der Waals surface area contributed by atoms with Crippen LogP contribution in [0.4, 0.5) is 0 Å². The number of hydrogen-bond acceptors (Lipinski definition) is 3. The van der Waals surface area contributed by atoms with Gasteiger partial charge in [-0.15, -0.1) is 0 Å². The highest BCUT2D eigenvalue weighted by Crippen LogP contribution is 2.16. The van der Waals surface area contributed by atoms with E-state index < -0.39 is 0 Å². The second kappa shape index (κ2) is 7.57. The van der Waals surface area contributed by atoms with Crippen LogP contribution in [0.25, 0.3) is 10.8 Å². The van der Waals surface area contributed by atoms with E-state index in [-0.39, 0.29) is 0 Å². The lowest BCUT2D eigenvalue weighted by molar-refractivity contribution is 0.204. The highest BCUT2D eigenvalue weighted by Gasteiger charge is 1.97. The van der Waals surface area contributed by atoms with Gasteiger partial charge in [-0.05, 0) is 23.0 Å². The maximum atomic E-state index is 5.09. The summed E-state index contributed by atoms with van der Waals surface area (Å²) in [4.78, 5) is 0. The van der Waals surface area contributed by atoms with E-state index in [9.17, 15) is 0 Å². The van der Waals surface area contributed by atoms with Crippen LogP contribution in [-0.2, 0) is 4.74 Å². The SMILES string of the molecule is COCCNC(=S)NN=Cc1cccc2ccccc12. The largest absolute Gasteiger partial charge is 0.383 e. The van der Waals surface area contributed by atoms with Gasteiger partial charge in [0, 0.05) is 19.2 Å². The van der Waals surface area contributed by atoms with Gasteiger partial charge in [0.25, 0.3) is 0 Å². The van der Waals surface area contributed by atoms with E-state index in [1.165, 1.54) is 10.8 Å². The number of nitrogens with one attached hydrogen (secondary N) is 2. The maximum Gasteiger partial charge on any atom is 0.187 e. The molecule has 0 spiro atoms. The Hall–Kier alpha value is -1.98. The van der Waals surface area contributed by atoms with Gasteiger partial charge in [-0.2, -0.15) is 5.10 Å². The second-order valence-corrected chi connectivity index (χ2v) is 4.60. The molecule has 0 aliphatic carbocycles. The van der Waals surface area contributed by atoms with Crippen LogP contribution < -0.4 is 10.7 Å². The average molecular weight is 287 g/mol. The Morgan fingerprint density at radius 1 is 1.25 bits per heavy atom. The molecule has 0 heterocycles. The van der Waals surface area contributed by atoms with Gasteiger partial charge in [0.05, 0.1) is 12.8 Å². The molecule has 2 N–H and O–H groups in total. The summed E-state index contributed by atoms with van der Waals surface area (Å²) in [5.74, 6) is 0. The topological polar surface area (TPSA) is 45.6 Å². The summed E-state index contributed by atoms with van der Waals surface area (Å²) in [5.41, 5.74) is 3.84. The number of hydrogen-bond donors (Lipinski definition) is 2. The monoisotopic (exact) mass is 287 g/mol. The second-order valence-electron chi connectivity index (χ2n) is 4.19. The highest BCUT2D eigenvalue weighted by atomic mass is 32.1. The van der Waals surface area contributed by atoms with Gasteiger partial charge < -0.3 is 10.1 Å². The van der Waals surface area contributed by atoms with Crippen molar-refractivity contribution in [3.05, 3.63) is 48.0 Å². The molecule has 0 fully saturated rings. The lowest BCUT2D eigenvalue weighted by Crippen LogP contribution is -2.34. The number of rotatable bonds is 5. The Morgan fingerprint density at radius 2 is 2.05 bits per heavy atom. The summed E-state index contributed by atoms with van der Waals surface area (Å²) in [6.07, 6.45) is 1.77. The first kappa shape index (κ1) is 14.4. The number of hydrazone groups is 1. The molecule has 4 nitrogen and oxygen atoms in total. The molecule has 5 heteroatoms. The zero-order valence-corrected chi connectivity index (χ0v) is 12.1. The van der Waals surface area contributed by atoms with Crippen LogP contribution in [-0.4, -0.2) is 31.6 Å². The van der Waals surface area contributed by atoms with E-state index >= 15 is 0 Å². The zero-order valence-electron chi connectivity index (χ0n) is 11.3. The summed E-state index contributed by atoms with van der Waals surface area (Å²) in [7, 11) is 1.65. The van der Waals surface area contributed by atoms with Gasteiger partial charge in [0.15, 0.2) is 5.11 Å². The highest BCUT2D eigenvalue weighted by molar-refractivity contribution is 7.80. The maximum absolute atomic E-state index is 5.09. The lowest BCUT2D eigenvalue weighted by Gasteiger charge is -2.06. The van der Waals surface area contributed by atoms with Crippen molar-refractivity contribution >= 4 is 34.3 Å². The molecule has 20 heavy (non-hydrogen) atoms. The van der Waals surface area contributed by atoms with Gasteiger partial charge in [0.2, 0.25) is 0 Å². The summed E-state index contributed by atoms with van der Waals surface area (Å²) < 4.78 is 4.93. The fourth-order valence-electron chi connectivity index (χ4n) is 1.83. The minimum absolute atomic E-state index is 0.485. The Bertz CT molecular complexity index is 608. The molecule has 0 atom stereocenters. The van der Waals surface area contributed by atoms with Crippen molar-refractivity contribution in [2.75, 3.05) is 20.3 Å². The quantitative estimate of drug-likeness (QED) is 0.383. The fraction of sp³-hybridized carbons (Fsp3) is 0.200. The van der Waals surface area contributed by atoms with Crippen molar-refractivity contribution in [3.8, 4) is 0 Å². The molecule has 0 aromatic heterocycles. The Balaban J connectivity index is 1.98. The van der Waals surface area contributed by atoms with Crippen LogP contribution in [0.2, 0.25) is 0 Å². The van der Waals surface area contributed by atoms with E-state index in [4.69, 9.17) is 17.0 Å². The van der Waals surface area contributed by atoms with Crippen molar-refractivity contribution in [1.29, 1.82) is 0 Å². The van der Waals surface area contributed by atoms with E-state index in [0.29, 0.717) is 18.3 Å². The summed E-state index contributed by atoms with van der Waals surface area (Å²) in [5, 5.41) is 9.98. The first-order chi connectivity index (χ1) is 9.81. The van der Waals surface area contributed by atoms with Crippen LogP contribution in [0.1, 0.15) is 5.56 Å². The minimum atomic E-state index is 0.485. The van der Waals surface area contributed by atoms with Gasteiger partial charge in [-0.1, -0.05) is 42.5 Å². The van der Waals surface area contributed by atoms with Crippen molar-refractivity contribution in [1.82, 2.24) is 10.7 Å². The molecule has 2 aromatic carbocycles. The first-order valence-electron chi connectivity index (χ1n) is 6.35. The summed E-state index contributed by atoms with van der Waals surface area (Å²) in [6, 6.07) is 14.3. The van der Waals surface area contributed by atoms with Gasteiger partial charge in [0.1, 0.15) is 0 Å². The van der Waals surface area contributed by atoms with Gasteiger partial charge >= 0.3 is 0 Å². The molecule has 0 unspecified atom stereocenters. The van der Waals surface area contributed by atoms with Crippen molar-refractivity contribution < 1.29 is 4.74 Å². The molecule has 0 amide bonds. The number of fused-ring (bicyclic) bond motifs is 1. The molecule has 0 aliphatic rings. The van der Waals surface area contributed by atoms with Crippen molar-refractivity contribution in [2.24, 2.45) is 5.10 Å². The third-order valence-corrected chi connectivity index (χ3v) is 3.02. The Kier molecular flexibility index (Phi) is 5.46. The molecule has 0 bridgehead atoms. The van der Waals surface area contributed by atoms with Crippen LogP contribution in [0.5, 0.6) is 0 Å². The number of methoxy groups -OCH3 is 1. The lowest BCUT2D eigenvalue weighted by atomic mass is 10.1. The van der Waals surface area contributed by atoms with Crippen LogP contribution >= 0.6 is 12.2 Å². The molecule has 104 valence electrons. The number of thiocarbonyl (C=S) groups is 1. The van der Waals surface area contributed by atoms with E-state index in [2.05, 4.69) is 34.0 Å². The molecule has 0 saturated carbocycles. The molecular weight excluding hydrogens is 270 g/mol. The van der Waals surface area contributed by atoms with Crippen LogP contribution in [0, 0.1) is 0 Å². The molecule has 0 aliphatic heterocycles. The van der Waals surface area contributed by atoms with Crippen LogP contribution in [0.15, 0.2) is 47.6 Å². The molecule has 2 aromatic rings. The standard InChI is InChI=1S/C15H17N3OS/c1-19-10-9-16-15(20)18-17-11-13-7-4-6-12-5-2-3-8-14(12)13/h2-8,11H,9-10H2,1H3,(H2,16,18,20). The third-order valence-electron chi connectivity index (χ3n) is 2.78. The number of nitrogens with zero attached hydrogens (tertiary/aromatic N) is 1. The predicted octanol–water partition coefficient (Wildman–Crippen LogP) is 2.28. The first-order valence-corrected chi connectivity index (χ1v) is 6.75.